The Balaban J connectivity index is 1.60. The molecule has 1 aromatic rings. The highest BCUT2D eigenvalue weighted by Gasteiger charge is 2.17. The number of hydrogen-bond donors (Lipinski definition) is 2. The van der Waals surface area contributed by atoms with Crippen LogP contribution in [-0.4, -0.2) is 36.0 Å². The zero-order valence-electron chi connectivity index (χ0n) is 17.9. The summed E-state index contributed by atoms with van der Waals surface area (Å²) in [6.07, 6.45) is 12.8. The molecule has 0 bridgehead atoms. The minimum atomic E-state index is -1.20. The number of ether oxygens (including phenoxy) is 2. The van der Waals surface area contributed by atoms with Gasteiger partial charge in [0.2, 0.25) is 0 Å². The molecule has 0 radical (unpaired) electrons. The summed E-state index contributed by atoms with van der Waals surface area (Å²) in [5, 5.41) is 8.52. The van der Waals surface area contributed by atoms with Crippen LogP contribution in [0.25, 0.3) is 0 Å². The van der Waals surface area contributed by atoms with Gasteiger partial charge in [0.05, 0.1) is 6.10 Å². The molecule has 6 nitrogen and oxygen atoms in total. The van der Waals surface area contributed by atoms with E-state index < -0.39 is 18.2 Å². The highest BCUT2D eigenvalue weighted by atomic mass is 32.1. The van der Waals surface area contributed by atoms with E-state index >= 15 is 0 Å². The van der Waals surface area contributed by atoms with Crippen LogP contribution in [0.1, 0.15) is 68.0 Å². The van der Waals surface area contributed by atoms with Crippen molar-refractivity contribution in [2.24, 2.45) is 11.7 Å². The van der Waals surface area contributed by atoms with Gasteiger partial charge in [-0.05, 0) is 57.1 Å². The number of thiophene rings is 1. The van der Waals surface area contributed by atoms with Gasteiger partial charge in [-0.25, -0.2) is 9.59 Å². The molecule has 1 unspecified atom stereocenters. The van der Waals surface area contributed by atoms with Gasteiger partial charge in [0.25, 0.3) is 0 Å². The summed E-state index contributed by atoms with van der Waals surface area (Å²) >= 11 is 1.83. The molecule has 0 aromatic carbocycles. The smallest absolute Gasteiger partial charge is 0.332 e. The summed E-state index contributed by atoms with van der Waals surface area (Å²) in [4.78, 5) is 24.6. The first-order valence-electron chi connectivity index (χ1n) is 11.0. The molecule has 1 aromatic heterocycles. The van der Waals surface area contributed by atoms with Crippen molar-refractivity contribution in [3.05, 3.63) is 34.0 Å². The number of carbonyl (C=O) groups excluding carboxylic acids is 1. The molecule has 0 aliphatic heterocycles. The lowest BCUT2D eigenvalue weighted by atomic mass is 9.98. The molecule has 0 amide bonds. The van der Waals surface area contributed by atoms with Crippen molar-refractivity contribution in [1.82, 2.24) is 0 Å². The maximum atomic E-state index is 11.5. The highest BCUT2D eigenvalue weighted by molar-refractivity contribution is 7.11. The van der Waals surface area contributed by atoms with Crippen LogP contribution < -0.4 is 5.73 Å². The third-order valence-corrected chi connectivity index (χ3v) is 6.67. The van der Waals surface area contributed by atoms with Gasteiger partial charge < -0.3 is 14.6 Å². The lowest BCUT2D eigenvalue weighted by Crippen LogP contribution is -2.33. The van der Waals surface area contributed by atoms with Crippen LogP contribution in [0, 0.1) is 5.92 Å². The fraction of sp³-hybridized carbons (Fsp3) is 0.652. The van der Waals surface area contributed by atoms with E-state index in [0.717, 1.165) is 50.9 Å². The molecular formula is C23H35NO5S. The maximum absolute atomic E-state index is 11.5. The van der Waals surface area contributed by atoms with Crippen molar-refractivity contribution in [2.75, 3.05) is 6.61 Å². The summed E-state index contributed by atoms with van der Waals surface area (Å²) < 4.78 is 11.0. The lowest BCUT2D eigenvalue weighted by molar-refractivity contribution is -0.145. The quantitative estimate of drug-likeness (QED) is 0.205. The first kappa shape index (κ1) is 24.6. The van der Waals surface area contributed by atoms with E-state index in [1.807, 2.05) is 18.3 Å². The number of hydrogen-bond acceptors (Lipinski definition) is 6. The average molecular weight is 438 g/mol. The molecule has 1 fully saturated rings. The van der Waals surface area contributed by atoms with Crippen LogP contribution in [0.2, 0.25) is 0 Å². The van der Waals surface area contributed by atoms with Crippen LogP contribution in [0.15, 0.2) is 24.3 Å². The van der Waals surface area contributed by atoms with Gasteiger partial charge in [-0.15, -0.1) is 11.3 Å². The van der Waals surface area contributed by atoms with Gasteiger partial charge in [0.15, 0.2) is 6.23 Å². The van der Waals surface area contributed by atoms with Crippen molar-refractivity contribution in [2.45, 2.75) is 83.5 Å². The van der Waals surface area contributed by atoms with Crippen molar-refractivity contribution in [1.29, 1.82) is 0 Å². The second kappa shape index (κ2) is 13.6. The Kier molecular flexibility index (Phi) is 11.1. The van der Waals surface area contributed by atoms with Crippen LogP contribution in [0.4, 0.5) is 0 Å². The number of nitrogens with two attached hydrogens (primary N) is 1. The van der Waals surface area contributed by atoms with E-state index in [-0.39, 0.29) is 5.92 Å². The fourth-order valence-corrected chi connectivity index (χ4v) is 4.61. The van der Waals surface area contributed by atoms with Gasteiger partial charge in [-0.1, -0.05) is 26.2 Å². The molecule has 0 saturated heterocycles. The Morgan fingerprint density at radius 2 is 1.87 bits per heavy atom. The SMILES string of the molecule is C[C@H](CCc1ccc(CCCCOC2CCCCC2)s1)C(N)OC(=O)C=CC(=O)O. The van der Waals surface area contributed by atoms with Gasteiger partial charge in [0, 0.05) is 34.4 Å². The topological polar surface area (TPSA) is 98.9 Å². The Morgan fingerprint density at radius 3 is 2.57 bits per heavy atom. The number of esters is 1. The molecule has 168 valence electrons. The molecule has 2 rings (SSSR count). The van der Waals surface area contributed by atoms with Crippen LogP contribution in [0.3, 0.4) is 0 Å². The number of carbonyl (C=O) groups is 2. The van der Waals surface area contributed by atoms with Crippen LogP contribution >= 0.6 is 11.3 Å². The number of aliphatic carboxylic acids is 1. The third-order valence-electron chi connectivity index (χ3n) is 5.46. The molecule has 1 aliphatic rings. The van der Waals surface area contributed by atoms with E-state index in [1.165, 1.54) is 41.9 Å². The van der Waals surface area contributed by atoms with E-state index in [1.54, 1.807) is 0 Å². The largest absolute Gasteiger partial charge is 0.478 e. The number of carboxylic acids is 1. The molecule has 30 heavy (non-hydrogen) atoms. The van der Waals surface area contributed by atoms with Gasteiger partial charge in [0.1, 0.15) is 0 Å². The molecule has 1 heterocycles. The monoisotopic (exact) mass is 437 g/mol. The van der Waals surface area contributed by atoms with Crippen molar-refractivity contribution in [3.63, 3.8) is 0 Å². The zero-order valence-corrected chi connectivity index (χ0v) is 18.7. The second-order valence-electron chi connectivity index (χ2n) is 8.04. The summed E-state index contributed by atoms with van der Waals surface area (Å²) in [6, 6.07) is 4.36. The van der Waals surface area contributed by atoms with E-state index in [9.17, 15) is 9.59 Å². The average Bonchev–Trinajstić information content (AvgIpc) is 3.18. The first-order chi connectivity index (χ1) is 14.4. The van der Waals surface area contributed by atoms with Crippen LogP contribution in [-0.2, 0) is 31.9 Å². The minimum absolute atomic E-state index is 0.0188. The normalized spacial score (nSPS) is 17.1. The summed E-state index contributed by atoms with van der Waals surface area (Å²) in [5.74, 6) is -1.95. The zero-order chi connectivity index (χ0) is 21.8. The van der Waals surface area contributed by atoms with Gasteiger partial charge in [-0.3, -0.25) is 5.73 Å². The Bertz CT molecular complexity index is 681. The minimum Gasteiger partial charge on any atom is -0.478 e. The summed E-state index contributed by atoms with van der Waals surface area (Å²) in [7, 11) is 0. The first-order valence-corrected chi connectivity index (χ1v) is 11.8. The number of rotatable bonds is 13. The predicted octanol–water partition coefficient (Wildman–Crippen LogP) is 4.46. The van der Waals surface area contributed by atoms with E-state index in [0.29, 0.717) is 6.10 Å². The number of aryl methyl sites for hydroxylation is 2. The van der Waals surface area contributed by atoms with Gasteiger partial charge in [-0.2, -0.15) is 0 Å². The maximum Gasteiger partial charge on any atom is 0.332 e. The standard InChI is InChI=1S/C23H35NO5S/c1-17(23(24)29-22(27)15-14-21(25)26)10-11-20-13-12-19(30-20)9-5-6-16-28-18-7-3-2-4-8-18/h12-15,17-18,23H,2-11,16,24H2,1H3,(H,25,26)/t17-,23?/m1/s1. The fourth-order valence-electron chi connectivity index (χ4n) is 3.54. The predicted molar refractivity (Wildman–Crippen MR) is 118 cm³/mol. The Hall–Kier alpha value is -1.70. The lowest BCUT2D eigenvalue weighted by Gasteiger charge is -2.21. The molecule has 1 aliphatic carbocycles. The molecule has 3 N–H and O–H groups in total. The number of carboxylic acid groups (broad SMARTS) is 1. The summed E-state index contributed by atoms with van der Waals surface area (Å²) in [5.41, 5.74) is 5.91. The van der Waals surface area contributed by atoms with Crippen LogP contribution in [0.5, 0.6) is 0 Å². The van der Waals surface area contributed by atoms with Crippen molar-refractivity contribution < 1.29 is 24.2 Å². The van der Waals surface area contributed by atoms with E-state index in [4.69, 9.17) is 20.3 Å². The van der Waals surface area contributed by atoms with Gasteiger partial charge >= 0.3 is 11.9 Å². The molecule has 7 heteroatoms. The number of unbranched alkanes of at least 4 members (excludes halogenated alkanes) is 1. The molecule has 2 atom stereocenters. The summed E-state index contributed by atoms with van der Waals surface area (Å²) in [6.45, 7) is 2.80. The molecular weight excluding hydrogens is 402 g/mol. The molecule has 1 saturated carbocycles. The van der Waals surface area contributed by atoms with Crippen molar-refractivity contribution in [3.8, 4) is 0 Å². The van der Waals surface area contributed by atoms with E-state index in [2.05, 4.69) is 12.1 Å². The highest BCUT2D eigenvalue weighted by Crippen LogP contribution is 2.23. The Labute approximate surface area is 183 Å². The molecule has 0 spiro atoms. The third kappa shape index (κ3) is 9.87. The van der Waals surface area contributed by atoms with Crippen molar-refractivity contribution >= 4 is 23.3 Å². The second-order valence-corrected chi connectivity index (χ2v) is 9.30. The Morgan fingerprint density at radius 1 is 1.17 bits per heavy atom.